The maximum atomic E-state index is 11.5. The number of likely N-dealkylation sites (tertiary alicyclic amines) is 1. The van der Waals surface area contributed by atoms with E-state index in [1.54, 1.807) is 0 Å². The summed E-state index contributed by atoms with van der Waals surface area (Å²) in [5, 5.41) is 27.4. The van der Waals surface area contributed by atoms with Gasteiger partial charge < -0.3 is 19.9 Å². The standard InChI is InChI=1S/C14H24BNO5/c17-14(18)12-4-9-5-16(10-7-21-8-10)6-13(9)11(12)2-1-3-15(19)20/h9-13,19-20H,1-8H2,(H,17,18)/t9?,11-,12?,13?/m1/s1. The Balaban J connectivity index is 1.60. The third-order valence-corrected chi connectivity index (χ3v) is 5.60. The van der Waals surface area contributed by atoms with Crippen molar-refractivity contribution in [3.05, 3.63) is 0 Å². The second kappa shape index (κ2) is 6.24. The number of ether oxygens (including phenoxy) is 1. The zero-order chi connectivity index (χ0) is 15.0. The fraction of sp³-hybridized carbons (Fsp3) is 0.929. The molecule has 21 heavy (non-hydrogen) atoms. The first-order chi connectivity index (χ1) is 10.1. The molecule has 2 saturated heterocycles. The van der Waals surface area contributed by atoms with E-state index in [0.29, 0.717) is 30.6 Å². The molecule has 118 valence electrons. The van der Waals surface area contributed by atoms with Crippen molar-refractivity contribution in [3.8, 4) is 0 Å². The lowest BCUT2D eigenvalue weighted by Gasteiger charge is -2.35. The number of fused-ring (bicyclic) bond motifs is 1. The van der Waals surface area contributed by atoms with Crippen LogP contribution in [0.25, 0.3) is 0 Å². The van der Waals surface area contributed by atoms with Crippen molar-refractivity contribution in [2.45, 2.75) is 31.6 Å². The number of aliphatic carboxylic acids is 1. The number of rotatable bonds is 6. The molecule has 0 bridgehead atoms. The Hall–Kier alpha value is -0.625. The Morgan fingerprint density at radius 3 is 2.62 bits per heavy atom. The van der Waals surface area contributed by atoms with E-state index in [-0.39, 0.29) is 11.8 Å². The fourth-order valence-electron chi connectivity index (χ4n) is 4.43. The first-order valence-electron chi connectivity index (χ1n) is 7.97. The highest BCUT2D eigenvalue weighted by Gasteiger charge is 2.51. The van der Waals surface area contributed by atoms with Crippen LogP contribution in [0.2, 0.25) is 6.32 Å². The molecule has 0 aromatic heterocycles. The van der Waals surface area contributed by atoms with Gasteiger partial charge in [0.25, 0.3) is 0 Å². The summed E-state index contributed by atoms with van der Waals surface area (Å²) >= 11 is 0. The van der Waals surface area contributed by atoms with E-state index in [1.807, 2.05) is 0 Å². The van der Waals surface area contributed by atoms with Gasteiger partial charge in [-0.15, -0.1) is 0 Å². The smallest absolute Gasteiger partial charge is 0.451 e. The lowest BCUT2D eigenvalue weighted by Crippen LogP contribution is -2.48. The van der Waals surface area contributed by atoms with Crippen LogP contribution in [-0.4, -0.2) is 65.5 Å². The second-order valence-electron chi connectivity index (χ2n) is 6.82. The Morgan fingerprint density at radius 2 is 2.05 bits per heavy atom. The molecule has 3 fully saturated rings. The number of carbonyl (C=O) groups is 1. The van der Waals surface area contributed by atoms with Gasteiger partial charge in [-0.05, 0) is 36.9 Å². The van der Waals surface area contributed by atoms with E-state index < -0.39 is 13.1 Å². The fourth-order valence-corrected chi connectivity index (χ4v) is 4.43. The Morgan fingerprint density at radius 1 is 1.29 bits per heavy atom. The van der Waals surface area contributed by atoms with Gasteiger partial charge in [0.05, 0.1) is 25.2 Å². The van der Waals surface area contributed by atoms with E-state index in [1.165, 1.54) is 0 Å². The maximum Gasteiger partial charge on any atom is 0.451 e. The average molecular weight is 297 g/mol. The lowest BCUT2D eigenvalue weighted by atomic mass is 9.78. The average Bonchev–Trinajstić information content (AvgIpc) is 2.85. The van der Waals surface area contributed by atoms with Gasteiger partial charge in [-0.1, -0.05) is 6.42 Å². The predicted octanol–water partition coefficient (Wildman–Crippen LogP) is -0.0931. The highest BCUT2D eigenvalue weighted by Crippen LogP contribution is 2.48. The monoisotopic (exact) mass is 297 g/mol. The molecule has 0 radical (unpaired) electrons. The van der Waals surface area contributed by atoms with Gasteiger partial charge in [0.2, 0.25) is 0 Å². The predicted molar refractivity (Wildman–Crippen MR) is 76.6 cm³/mol. The Kier molecular flexibility index (Phi) is 4.54. The lowest BCUT2D eigenvalue weighted by molar-refractivity contribution is -0.143. The van der Waals surface area contributed by atoms with Gasteiger partial charge in [-0.2, -0.15) is 0 Å². The van der Waals surface area contributed by atoms with Crippen LogP contribution in [0.5, 0.6) is 0 Å². The summed E-state index contributed by atoms with van der Waals surface area (Å²) in [5.74, 6) is 0.170. The molecule has 0 aromatic rings. The van der Waals surface area contributed by atoms with Crippen molar-refractivity contribution in [2.75, 3.05) is 26.3 Å². The van der Waals surface area contributed by atoms with Gasteiger partial charge in [0.15, 0.2) is 0 Å². The summed E-state index contributed by atoms with van der Waals surface area (Å²) < 4.78 is 5.26. The van der Waals surface area contributed by atoms with E-state index in [4.69, 9.17) is 14.8 Å². The van der Waals surface area contributed by atoms with E-state index in [0.717, 1.165) is 39.1 Å². The van der Waals surface area contributed by atoms with Crippen molar-refractivity contribution in [3.63, 3.8) is 0 Å². The van der Waals surface area contributed by atoms with Crippen molar-refractivity contribution < 1.29 is 24.7 Å². The molecule has 0 amide bonds. The van der Waals surface area contributed by atoms with E-state index >= 15 is 0 Å². The number of carboxylic acid groups (broad SMARTS) is 1. The quantitative estimate of drug-likeness (QED) is 0.594. The number of carboxylic acids is 1. The summed E-state index contributed by atoms with van der Waals surface area (Å²) in [6.45, 7) is 3.60. The number of hydrogen-bond acceptors (Lipinski definition) is 5. The normalized spacial score (nSPS) is 36.5. The molecule has 0 spiro atoms. The van der Waals surface area contributed by atoms with Crippen molar-refractivity contribution in [1.82, 2.24) is 4.90 Å². The summed E-state index contributed by atoms with van der Waals surface area (Å²) in [6.07, 6.45) is 2.57. The molecule has 3 unspecified atom stereocenters. The Bertz CT molecular complexity index is 390. The molecule has 3 rings (SSSR count). The molecule has 4 atom stereocenters. The number of nitrogens with zero attached hydrogens (tertiary/aromatic N) is 1. The van der Waals surface area contributed by atoms with Gasteiger partial charge in [-0.25, -0.2) is 0 Å². The molecule has 6 nitrogen and oxygen atoms in total. The van der Waals surface area contributed by atoms with Gasteiger partial charge in [0.1, 0.15) is 0 Å². The molecule has 2 heterocycles. The summed E-state index contributed by atoms with van der Waals surface area (Å²) in [5.41, 5.74) is 0. The van der Waals surface area contributed by atoms with Gasteiger partial charge in [0, 0.05) is 13.1 Å². The molecule has 1 saturated carbocycles. The summed E-state index contributed by atoms with van der Waals surface area (Å²) in [6, 6.07) is 0.527. The highest BCUT2D eigenvalue weighted by molar-refractivity contribution is 6.40. The summed E-state index contributed by atoms with van der Waals surface area (Å²) in [7, 11) is -1.28. The van der Waals surface area contributed by atoms with Crippen LogP contribution in [0.4, 0.5) is 0 Å². The largest absolute Gasteiger partial charge is 0.481 e. The SMILES string of the molecule is O=C(O)C1CC2CN(C3COC3)CC2[C@@H]1CCCB(O)O. The molecule has 3 aliphatic rings. The van der Waals surface area contributed by atoms with Crippen LogP contribution >= 0.6 is 0 Å². The molecule has 3 N–H and O–H groups in total. The van der Waals surface area contributed by atoms with Crippen molar-refractivity contribution in [1.29, 1.82) is 0 Å². The van der Waals surface area contributed by atoms with E-state index in [2.05, 4.69) is 4.90 Å². The maximum absolute atomic E-state index is 11.5. The first-order valence-corrected chi connectivity index (χ1v) is 7.97. The zero-order valence-corrected chi connectivity index (χ0v) is 12.2. The third kappa shape index (κ3) is 3.11. The minimum atomic E-state index is -1.28. The second-order valence-corrected chi connectivity index (χ2v) is 6.82. The van der Waals surface area contributed by atoms with Crippen LogP contribution in [0.15, 0.2) is 0 Å². The van der Waals surface area contributed by atoms with Crippen LogP contribution < -0.4 is 0 Å². The molecule has 0 aromatic carbocycles. The van der Waals surface area contributed by atoms with E-state index in [9.17, 15) is 9.90 Å². The van der Waals surface area contributed by atoms with Crippen LogP contribution in [0.1, 0.15) is 19.3 Å². The minimum Gasteiger partial charge on any atom is -0.481 e. The zero-order valence-electron chi connectivity index (χ0n) is 12.2. The third-order valence-electron chi connectivity index (χ3n) is 5.60. The van der Waals surface area contributed by atoms with Gasteiger partial charge >= 0.3 is 13.1 Å². The summed E-state index contributed by atoms with van der Waals surface area (Å²) in [4.78, 5) is 14.0. The van der Waals surface area contributed by atoms with Crippen molar-refractivity contribution >= 4 is 13.1 Å². The van der Waals surface area contributed by atoms with Crippen LogP contribution in [0.3, 0.4) is 0 Å². The van der Waals surface area contributed by atoms with Crippen LogP contribution in [-0.2, 0) is 9.53 Å². The molecule has 1 aliphatic carbocycles. The minimum absolute atomic E-state index is 0.178. The highest BCUT2D eigenvalue weighted by atomic mass is 16.5. The van der Waals surface area contributed by atoms with Crippen LogP contribution in [0, 0.1) is 23.7 Å². The Labute approximate surface area is 125 Å². The van der Waals surface area contributed by atoms with Crippen molar-refractivity contribution in [2.24, 2.45) is 23.7 Å². The topological polar surface area (TPSA) is 90.2 Å². The molecule has 2 aliphatic heterocycles. The molecular weight excluding hydrogens is 273 g/mol. The molecular formula is C14H24BNO5. The first kappa shape index (κ1) is 15.3. The number of hydrogen-bond donors (Lipinski definition) is 3. The van der Waals surface area contributed by atoms with Gasteiger partial charge in [-0.3, -0.25) is 9.69 Å². The molecule has 7 heteroatoms.